The molecule has 1 N–H and O–H groups in total. The zero-order valence-corrected chi connectivity index (χ0v) is 16.2. The number of rotatable bonds is 6. The molecular formula is C20H23N5OS. The zero-order valence-electron chi connectivity index (χ0n) is 15.3. The summed E-state index contributed by atoms with van der Waals surface area (Å²) in [5, 5.41) is 8.21. The minimum Gasteiger partial charge on any atom is -0.310 e. The summed E-state index contributed by atoms with van der Waals surface area (Å²) in [5.74, 6) is 1.05. The number of carbonyl (C=O) groups is 1. The van der Waals surface area contributed by atoms with Gasteiger partial charge in [0.25, 0.3) is 0 Å². The van der Waals surface area contributed by atoms with Crippen LogP contribution in [0.3, 0.4) is 0 Å². The van der Waals surface area contributed by atoms with Crippen LogP contribution in [0.25, 0.3) is 5.69 Å². The second kappa shape index (κ2) is 8.00. The molecule has 27 heavy (non-hydrogen) atoms. The number of nitrogens with one attached hydrogen (secondary N) is 1. The molecule has 1 amide bonds. The van der Waals surface area contributed by atoms with Crippen LogP contribution in [0.5, 0.6) is 0 Å². The van der Waals surface area contributed by atoms with Crippen LogP contribution in [-0.4, -0.2) is 31.0 Å². The molecule has 2 heterocycles. The predicted octanol–water partition coefficient (Wildman–Crippen LogP) is 4.22. The van der Waals surface area contributed by atoms with E-state index in [2.05, 4.69) is 34.5 Å². The van der Waals surface area contributed by atoms with Crippen molar-refractivity contribution in [2.24, 2.45) is 0 Å². The molecule has 0 spiro atoms. The van der Waals surface area contributed by atoms with Crippen LogP contribution in [0.4, 0.5) is 5.82 Å². The minimum atomic E-state index is -0.0430. The van der Waals surface area contributed by atoms with Crippen LogP contribution in [-0.2, 0) is 4.79 Å². The van der Waals surface area contributed by atoms with Crippen molar-refractivity contribution in [1.82, 2.24) is 19.3 Å². The van der Waals surface area contributed by atoms with E-state index in [1.807, 2.05) is 33.6 Å². The highest BCUT2D eigenvalue weighted by molar-refractivity contribution is 7.99. The van der Waals surface area contributed by atoms with Gasteiger partial charge in [-0.3, -0.25) is 9.36 Å². The van der Waals surface area contributed by atoms with Crippen LogP contribution in [0.15, 0.2) is 54.1 Å². The number of anilines is 1. The number of carbonyl (C=O) groups excluding carboxylic acids is 1. The van der Waals surface area contributed by atoms with Crippen molar-refractivity contribution in [2.45, 2.75) is 43.8 Å². The van der Waals surface area contributed by atoms with Gasteiger partial charge in [-0.1, -0.05) is 36.7 Å². The van der Waals surface area contributed by atoms with E-state index >= 15 is 0 Å². The lowest BCUT2D eigenvalue weighted by Crippen LogP contribution is -2.19. The maximum absolute atomic E-state index is 12.5. The van der Waals surface area contributed by atoms with Gasteiger partial charge in [-0.05, 0) is 37.5 Å². The molecule has 0 atom stereocenters. The number of aryl methyl sites for hydroxylation is 1. The summed E-state index contributed by atoms with van der Waals surface area (Å²) in [6.07, 6.45) is 10.2. The maximum atomic E-state index is 12.5. The minimum absolute atomic E-state index is 0.0430. The van der Waals surface area contributed by atoms with Gasteiger partial charge in [0.05, 0.1) is 18.0 Å². The largest absolute Gasteiger partial charge is 0.310 e. The van der Waals surface area contributed by atoms with Gasteiger partial charge in [0, 0.05) is 24.1 Å². The van der Waals surface area contributed by atoms with Crippen LogP contribution in [0.1, 0.15) is 37.3 Å². The predicted molar refractivity (Wildman–Crippen MR) is 107 cm³/mol. The summed E-state index contributed by atoms with van der Waals surface area (Å²) < 4.78 is 3.97. The molecule has 4 rings (SSSR count). The summed E-state index contributed by atoms with van der Waals surface area (Å²) in [5.41, 5.74) is 2.24. The number of thioether (sulfide) groups is 1. The Morgan fingerprint density at radius 3 is 2.93 bits per heavy atom. The van der Waals surface area contributed by atoms with E-state index < -0.39 is 0 Å². The molecule has 1 saturated carbocycles. The van der Waals surface area contributed by atoms with Crippen LogP contribution in [0.2, 0.25) is 0 Å². The summed E-state index contributed by atoms with van der Waals surface area (Å²) in [4.78, 5) is 16.9. The van der Waals surface area contributed by atoms with Gasteiger partial charge in [0.15, 0.2) is 5.16 Å². The Morgan fingerprint density at radius 1 is 1.26 bits per heavy atom. The summed E-state index contributed by atoms with van der Waals surface area (Å²) in [7, 11) is 0. The lowest BCUT2D eigenvalue weighted by Gasteiger charge is -2.14. The van der Waals surface area contributed by atoms with Gasteiger partial charge < -0.3 is 5.32 Å². The molecule has 140 valence electrons. The molecule has 1 aliphatic carbocycles. The van der Waals surface area contributed by atoms with E-state index in [0.29, 0.717) is 11.8 Å². The summed E-state index contributed by atoms with van der Waals surface area (Å²) in [6, 6.07) is 10.5. The Kier molecular flexibility index (Phi) is 5.29. The SMILES string of the molecule is Cc1cccc(-n2ccnc2SCC(=O)Nc2ccnn2C2CCCC2)c1. The van der Waals surface area contributed by atoms with E-state index in [1.54, 1.807) is 12.4 Å². The third-order valence-corrected chi connectivity index (χ3v) is 5.79. The number of aromatic nitrogens is 4. The molecule has 1 fully saturated rings. The second-order valence-electron chi connectivity index (χ2n) is 6.85. The number of imidazole rings is 1. The van der Waals surface area contributed by atoms with Crippen molar-refractivity contribution >= 4 is 23.5 Å². The van der Waals surface area contributed by atoms with Crippen LogP contribution >= 0.6 is 11.8 Å². The Labute approximate surface area is 163 Å². The van der Waals surface area contributed by atoms with E-state index in [-0.39, 0.29) is 5.91 Å². The fraction of sp³-hybridized carbons (Fsp3) is 0.350. The topological polar surface area (TPSA) is 64.7 Å². The highest BCUT2D eigenvalue weighted by atomic mass is 32.2. The lowest BCUT2D eigenvalue weighted by atomic mass is 10.2. The molecule has 0 bridgehead atoms. The van der Waals surface area contributed by atoms with Crippen LogP contribution in [0, 0.1) is 6.92 Å². The molecule has 7 heteroatoms. The van der Waals surface area contributed by atoms with E-state index in [0.717, 1.165) is 29.5 Å². The molecule has 1 aliphatic rings. The standard InChI is InChI=1S/C20H23N5OS/c1-15-5-4-8-17(13-15)24-12-11-21-20(24)27-14-19(26)23-18-9-10-22-25(18)16-6-2-3-7-16/h4-5,8-13,16H,2-3,6-7,14H2,1H3,(H,23,26). The molecule has 0 saturated heterocycles. The average Bonchev–Trinajstić information content (AvgIpc) is 3.41. The maximum Gasteiger partial charge on any atom is 0.235 e. The molecule has 0 radical (unpaired) electrons. The molecular weight excluding hydrogens is 358 g/mol. The molecule has 3 aromatic rings. The highest BCUT2D eigenvalue weighted by Gasteiger charge is 2.20. The summed E-state index contributed by atoms with van der Waals surface area (Å²) in [6.45, 7) is 2.06. The summed E-state index contributed by atoms with van der Waals surface area (Å²) >= 11 is 1.43. The Bertz CT molecular complexity index is 926. The second-order valence-corrected chi connectivity index (χ2v) is 7.80. The Hall–Kier alpha value is -2.54. The average molecular weight is 382 g/mol. The van der Waals surface area contributed by atoms with Gasteiger partial charge in [-0.2, -0.15) is 5.10 Å². The van der Waals surface area contributed by atoms with Crippen molar-refractivity contribution in [3.05, 3.63) is 54.5 Å². The smallest absolute Gasteiger partial charge is 0.235 e. The number of hydrogen-bond acceptors (Lipinski definition) is 4. The van der Waals surface area contributed by atoms with Crippen molar-refractivity contribution in [2.75, 3.05) is 11.1 Å². The van der Waals surface area contributed by atoms with Gasteiger partial charge >= 0.3 is 0 Å². The third-order valence-electron chi connectivity index (χ3n) is 4.83. The normalized spacial score (nSPS) is 14.6. The number of amides is 1. The Balaban J connectivity index is 1.40. The first kappa shape index (κ1) is 17.9. The number of hydrogen-bond donors (Lipinski definition) is 1. The molecule has 1 aromatic carbocycles. The first-order valence-corrected chi connectivity index (χ1v) is 10.3. The van der Waals surface area contributed by atoms with Crippen molar-refractivity contribution in [1.29, 1.82) is 0 Å². The van der Waals surface area contributed by atoms with Gasteiger partial charge in [-0.15, -0.1) is 0 Å². The van der Waals surface area contributed by atoms with Crippen LogP contribution < -0.4 is 5.32 Å². The van der Waals surface area contributed by atoms with E-state index in [9.17, 15) is 4.79 Å². The van der Waals surface area contributed by atoms with E-state index in [4.69, 9.17) is 0 Å². The first-order chi connectivity index (χ1) is 13.2. The number of nitrogens with zero attached hydrogens (tertiary/aromatic N) is 4. The van der Waals surface area contributed by atoms with Gasteiger partial charge in [0.1, 0.15) is 5.82 Å². The van der Waals surface area contributed by atoms with E-state index in [1.165, 1.54) is 30.2 Å². The fourth-order valence-corrected chi connectivity index (χ4v) is 4.31. The fourth-order valence-electron chi connectivity index (χ4n) is 3.53. The van der Waals surface area contributed by atoms with Gasteiger partial charge in [-0.25, -0.2) is 9.67 Å². The molecule has 2 aromatic heterocycles. The quantitative estimate of drug-likeness (QED) is 0.649. The molecule has 6 nitrogen and oxygen atoms in total. The third kappa shape index (κ3) is 4.08. The van der Waals surface area contributed by atoms with Gasteiger partial charge in [0.2, 0.25) is 5.91 Å². The highest BCUT2D eigenvalue weighted by Crippen LogP contribution is 2.31. The lowest BCUT2D eigenvalue weighted by molar-refractivity contribution is -0.113. The number of benzene rings is 1. The monoisotopic (exact) mass is 381 g/mol. The molecule has 0 unspecified atom stereocenters. The van der Waals surface area contributed by atoms with Crippen molar-refractivity contribution in [3.8, 4) is 5.69 Å². The zero-order chi connectivity index (χ0) is 18.6. The van der Waals surface area contributed by atoms with Crippen molar-refractivity contribution in [3.63, 3.8) is 0 Å². The molecule has 0 aliphatic heterocycles. The Morgan fingerprint density at radius 2 is 2.11 bits per heavy atom. The van der Waals surface area contributed by atoms with Crippen molar-refractivity contribution < 1.29 is 4.79 Å². The first-order valence-electron chi connectivity index (χ1n) is 9.27.